The first-order valence-electron chi connectivity index (χ1n) is 6.85. The van der Waals surface area contributed by atoms with Gasteiger partial charge in [0.05, 0.1) is 0 Å². The second-order valence-electron chi connectivity index (χ2n) is 5.55. The van der Waals surface area contributed by atoms with Crippen LogP contribution in [0.3, 0.4) is 0 Å². The largest absolute Gasteiger partial charge is 0.309 e. The van der Waals surface area contributed by atoms with Crippen molar-refractivity contribution in [3.8, 4) is 0 Å². The minimum absolute atomic E-state index is 0.793. The lowest BCUT2D eigenvalue weighted by molar-refractivity contribution is 0.351. The molecule has 3 heteroatoms. The summed E-state index contributed by atoms with van der Waals surface area (Å²) in [6, 6.07) is 1.67. The molecule has 0 bridgehead atoms. The van der Waals surface area contributed by atoms with Crippen molar-refractivity contribution in [2.24, 2.45) is 11.8 Å². The van der Waals surface area contributed by atoms with Crippen LogP contribution in [0.25, 0.3) is 0 Å². The molecule has 3 aliphatic rings. The highest BCUT2D eigenvalue weighted by Gasteiger charge is 2.39. The minimum atomic E-state index is 0.793. The molecule has 0 aromatic carbocycles. The topological polar surface area (TPSA) is 12.0 Å². The van der Waals surface area contributed by atoms with Crippen molar-refractivity contribution in [2.75, 3.05) is 23.0 Å². The molecule has 92 valence electrons. The summed E-state index contributed by atoms with van der Waals surface area (Å²) < 4.78 is 0. The second-order valence-corrected chi connectivity index (χ2v) is 7.85. The maximum atomic E-state index is 3.99. The van der Waals surface area contributed by atoms with Crippen LogP contribution in [0.15, 0.2) is 0 Å². The molecule has 3 fully saturated rings. The Balaban J connectivity index is 1.53. The lowest BCUT2D eigenvalue weighted by atomic mass is 9.97. The third-order valence-corrected chi connectivity index (χ3v) is 7.06. The summed E-state index contributed by atoms with van der Waals surface area (Å²) in [5, 5.41) is 3.99. The van der Waals surface area contributed by atoms with Gasteiger partial charge in [-0.2, -0.15) is 23.5 Å². The van der Waals surface area contributed by atoms with Gasteiger partial charge in [-0.05, 0) is 31.1 Å². The van der Waals surface area contributed by atoms with Gasteiger partial charge in [-0.1, -0.05) is 12.8 Å². The number of hydrogen-bond acceptors (Lipinski definition) is 3. The van der Waals surface area contributed by atoms with Gasteiger partial charge in [0.1, 0.15) is 0 Å². The van der Waals surface area contributed by atoms with E-state index in [1.165, 1.54) is 55.1 Å². The summed E-state index contributed by atoms with van der Waals surface area (Å²) in [5.41, 5.74) is 0. The SMILES string of the molecule is C1C[C@@H]2CC[C@@H](NC3CSCCSC3)[C@@H]2C1. The van der Waals surface area contributed by atoms with Crippen LogP contribution in [0.2, 0.25) is 0 Å². The highest BCUT2D eigenvalue weighted by Crippen LogP contribution is 2.44. The highest BCUT2D eigenvalue weighted by molar-refractivity contribution is 8.03. The summed E-state index contributed by atoms with van der Waals surface area (Å²) in [7, 11) is 0. The first-order chi connectivity index (χ1) is 7.93. The molecule has 1 nitrogen and oxygen atoms in total. The summed E-state index contributed by atoms with van der Waals surface area (Å²) >= 11 is 4.30. The Bertz CT molecular complexity index is 226. The second kappa shape index (κ2) is 5.53. The van der Waals surface area contributed by atoms with E-state index in [2.05, 4.69) is 28.8 Å². The zero-order valence-electron chi connectivity index (χ0n) is 9.99. The van der Waals surface area contributed by atoms with Crippen LogP contribution in [0, 0.1) is 11.8 Å². The maximum Gasteiger partial charge on any atom is 0.0251 e. The van der Waals surface area contributed by atoms with Gasteiger partial charge in [-0.3, -0.25) is 0 Å². The molecule has 0 amide bonds. The number of nitrogens with one attached hydrogen (secondary N) is 1. The highest BCUT2D eigenvalue weighted by atomic mass is 32.2. The van der Waals surface area contributed by atoms with Crippen LogP contribution in [0.1, 0.15) is 32.1 Å². The molecule has 0 unspecified atom stereocenters. The molecule has 1 aliphatic heterocycles. The normalized spacial score (nSPS) is 40.9. The number of rotatable bonds is 2. The van der Waals surface area contributed by atoms with Crippen molar-refractivity contribution in [3.63, 3.8) is 0 Å². The lowest BCUT2D eigenvalue weighted by Gasteiger charge is -2.25. The van der Waals surface area contributed by atoms with Crippen molar-refractivity contribution < 1.29 is 0 Å². The van der Waals surface area contributed by atoms with Gasteiger partial charge in [-0.15, -0.1) is 0 Å². The van der Waals surface area contributed by atoms with Crippen molar-refractivity contribution in [2.45, 2.75) is 44.2 Å². The van der Waals surface area contributed by atoms with E-state index in [0.29, 0.717) is 0 Å². The average molecular weight is 257 g/mol. The summed E-state index contributed by atoms with van der Waals surface area (Å²) in [6.07, 6.45) is 7.50. The number of thioether (sulfide) groups is 2. The Morgan fingerprint density at radius 1 is 0.875 bits per heavy atom. The van der Waals surface area contributed by atoms with E-state index in [1.807, 2.05) is 0 Å². The zero-order chi connectivity index (χ0) is 10.8. The molecule has 0 radical (unpaired) electrons. The van der Waals surface area contributed by atoms with Gasteiger partial charge < -0.3 is 5.32 Å². The summed E-state index contributed by atoms with van der Waals surface area (Å²) in [4.78, 5) is 0. The zero-order valence-corrected chi connectivity index (χ0v) is 11.6. The van der Waals surface area contributed by atoms with Gasteiger partial charge in [0.25, 0.3) is 0 Å². The van der Waals surface area contributed by atoms with Crippen molar-refractivity contribution in [3.05, 3.63) is 0 Å². The van der Waals surface area contributed by atoms with Gasteiger partial charge in [0, 0.05) is 35.1 Å². The maximum absolute atomic E-state index is 3.99. The van der Waals surface area contributed by atoms with Crippen molar-refractivity contribution in [1.82, 2.24) is 5.32 Å². The van der Waals surface area contributed by atoms with Gasteiger partial charge >= 0.3 is 0 Å². The van der Waals surface area contributed by atoms with Crippen LogP contribution < -0.4 is 5.32 Å². The van der Waals surface area contributed by atoms with Gasteiger partial charge in [0.2, 0.25) is 0 Å². The standard InChI is InChI=1S/C13H23NS2/c1-2-10-4-5-13(12(10)3-1)14-11-8-15-6-7-16-9-11/h10-14H,1-9H2/t10-,12-,13-/m1/s1. The van der Waals surface area contributed by atoms with E-state index in [9.17, 15) is 0 Å². The van der Waals surface area contributed by atoms with Crippen LogP contribution >= 0.6 is 23.5 Å². The Morgan fingerprint density at radius 2 is 1.69 bits per heavy atom. The number of hydrogen-bond donors (Lipinski definition) is 1. The molecule has 1 saturated heterocycles. The van der Waals surface area contributed by atoms with Crippen LogP contribution in [-0.4, -0.2) is 35.1 Å². The molecule has 3 rings (SSSR count). The molecule has 3 atom stereocenters. The molecule has 0 aromatic heterocycles. The lowest BCUT2D eigenvalue weighted by Crippen LogP contribution is -2.43. The summed E-state index contributed by atoms with van der Waals surface area (Å²) in [5.74, 6) is 7.54. The molecule has 0 spiro atoms. The third-order valence-electron chi connectivity index (χ3n) is 4.54. The van der Waals surface area contributed by atoms with Crippen molar-refractivity contribution >= 4 is 23.5 Å². The molecular weight excluding hydrogens is 234 g/mol. The molecule has 1 heterocycles. The fourth-order valence-electron chi connectivity index (χ4n) is 3.78. The quantitative estimate of drug-likeness (QED) is 0.817. The van der Waals surface area contributed by atoms with Gasteiger partial charge in [0.15, 0.2) is 0 Å². The minimum Gasteiger partial charge on any atom is -0.309 e. The van der Waals surface area contributed by atoms with E-state index in [4.69, 9.17) is 0 Å². The van der Waals surface area contributed by atoms with Crippen LogP contribution in [0.5, 0.6) is 0 Å². The molecule has 2 aliphatic carbocycles. The fraction of sp³-hybridized carbons (Fsp3) is 1.00. The molecular formula is C13H23NS2. The molecule has 16 heavy (non-hydrogen) atoms. The Kier molecular flexibility index (Phi) is 4.06. The van der Waals surface area contributed by atoms with E-state index in [1.54, 1.807) is 0 Å². The molecule has 0 aromatic rings. The predicted molar refractivity (Wildman–Crippen MR) is 75.4 cm³/mol. The van der Waals surface area contributed by atoms with E-state index in [-0.39, 0.29) is 0 Å². The first-order valence-corrected chi connectivity index (χ1v) is 9.16. The van der Waals surface area contributed by atoms with E-state index < -0.39 is 0 Å². The van der Waals surface area contributed by atoms with Gasteiger partial charge in [-0.25, -0.2) is 0 Å². The predicted octanol–water partition coefficient (Wildman–Crippen LogP) is 3.00. The third kappa shape index (κ3) is 2.56. The van der Waals surface area contributed by atoms with Crippen molar-refractivity contribution in [1.29, 1.82) is 0 Å². The van der Waals surface area contributed by atoms with Crippen LogP contribution in [-0.2, 0) is 0 Å². The summed E-state index contributed by atoms with van der Waals surface area (Å²) in [6.45, 7) is 0. The Hall–Kier alpha value is 0.660. The Labute approximate surface area is 108 Å². The Morgan fingerprint density at radius 3 is 2.50 bits per heavy atom. The van der Waals surface area contributed by atoms with Crippen LogP contribution in [0.4, 0.5) is 0 Å². The van der Waals surface area contributed by atoms with E-state index in [0.717, 1.165) is 23.9 Å². The fourth-order valence-corrected chi connectivity index (χ4v) is 6.21. The first kappa shape index (κ1) is 11.7. The molecule has 1 N–H and O–H groups in total. The van der Waals surface area contributed by atoms with E-state index >= 15 is 0 Å². The monoisotopic (exact) mass is 257 g/mol. The smallest absolute Gasteiger partial charge is 0.0251 e. The molecule has 2 saturated carbocycles. The average Bonchev–Trinajstić information content (AvgIpc) is 2.78. The number of fused-ring (bicyclic) bond motifs is 1.